The fourth-order valence-electron chi connectivity index (χ4n) is 8.84. The quantitative estimate of drug-likeness (QED) is 0.0261. The van der Waals surface area contributed by atoms with E-state index in [4.69, 9.17) is 14.2 Å². The summed E-state index contributed by atoms with van der Waals surface area (Å²) in [5, 5.41) is 0. The highest BCUT2D eigenvalue weighted by atomic mass is 16.6. The number of unbranched alkanes of at least 4 members (excludes halogenated alkanes) is 35. The molecule has 0 fully saturated rings. The van der Waals surface area contributed by atoms with Gasteiger partial charge in [-0.15, -0.1) is 0 Å². The van der Waals surface area contributed by atoms with Gasteiger partial charge < -0.3 is 14.2 Å². The summed E-state index contributed by atoms with van der Waals surface area (Å²) >= 11 is 0. The minimum absolute atomic E-state index is 0.0933. The monoisotopic (exact) mass is 993 g/mol. The first-order chi connectivity index (χ1) is 35.0. The van der Waals surface area contributed by atoms with Gasteiger partial charge in [0.25, 0.3) is 0 Å². The van der Waals surface area contributed by atoms with Crippen LogP contribution < -0.4 is 0 Å². The summed E-state index contributed by atoms with van der Waals surface area (Å²) in [5.41, 5.74) is 0. The van der Waals surface area contributed by atoms with Crippen LogP contribution in [0.1, 0.15) is 316 Å². The van der Waals surface area contributed by atoms with Crippen molar-refractivity contribution >= 4 is 17.9 Å². The van der Waals surface area contributed by atoms with Crippen LogP contribution in [0, 0.1) is 0 Å². The Hall–Kier alpha value is -2.89. The molecular formula is C65H116O6. The zero-order valence-electron chi connectivity index (χ0n) is 47.2. The van der Waals surface area contributed by atoms with Gasteiger partial charge in [-0.05, 0) is 83.5 Å². The Morgan fingerprint density at radius 1 is 0.282 bits per heavy atom. The molecule has 6 heteroatoms. The second-order valence-corrected chi connectivity index (χ2v) is 20.6. The number of hydrogen-bond acceptors (Lipinski definition) is 6. The van der Waals surface area contributed by atoms with Crippen molar-refractivity contribution < 1.29 is 28.6 Å². The molecule has 0 N–H and O–H groups in total. The van der Waals surface area contributed by atoms with Gasteiger partial charge in [0.2, 0.25) is 0 Å². The molecule has 0 rings (SSSR count). The number of ether oxygens (including phenoxy) is 3. The molecule has 0 saturated carbocycles. The van der Waals surface area contributed by atoms with Crippen molar-refractivity contribution in [2.45, 2.75) is 322 Å². The third-order valence-electron chi connectivity index (χ3n) is 13.5. The molecule has 0 saturated heterocycles. The molecule has 0 heterocycles. The first-order valence-corrected chi connectivity index (χ1v) is 30.8. The average molecular weight is 994 g/mol. The summed E-state index contributed by atoms with van der Waals surface area (Å²) in [4.78, 5) is 38.2. The Morgan fingerprint density at radius 2 is 0.521 bits per heavy atom. The van der Waals surface area contributed by atoms with E-state index in [9.17, 15) is 14.4 Å². The Balaban J connectivity index is 4.42. The SMILES string of the molecule is CCCCC/C=C\C/C=C\C/C=C\C/C=C\CCCC(=O)O[C@H](COC(=O)CCCCCCCCCCC/C=C\CCCCCCCC)COC(=O)CCCCCCCCCCCCCCCCCCC. The van der Waals surface area contributed by atoms with E-state index in [2.05, 4.69) is 81.5 Å². The smallest absolute Gasteiger partial charge is 0.306 e. The van der Waals surface area contributed by atoms with Crippen molar-refractivity contribution in [3.8, 4) is 0 Å². The van der Waals surface area contributed by atoms with Crippen molar-refractivity contribution in [1.29, 1.82) is 0 Å². The summed E-state index contributed by atoms with van der Waals surface area (Å²) in [6, 6.07) is 0. The molecule has 1 atom stereocenters. The lowest BCUT2D eigenvalue weighted by Gasteiger charge is -2.18. The minimum Gasteiger partial charge on any atom is -0.462 e. The zero-order chi connectivity index (χ0) is 51.4. The fraction of sp³-hybridized carbons (Fsp3) is 0.800. The number of esters is 3. The Bertz CT molecular complexity index is 1280. The standard InChI is InChI=1S/C65H116O6/c1-4-7-10-13-16-19-22-25-28-31-32-35-37-40-43-46-49-52-55-58-64(67)70-61-62(71-65(68)59-56-53-50-47-44-41-38-34-30-27-24-21-18-15-12-9-6-3)60-69-63(66)57-54-51-48-45-42-39-36-33-29-26-23-20-17-14-11-8-5-2/h18,21,25,27-28,30,38,41,47,50,62H,4-17,19-20,22-24,26,29,31-37,39-40,42-46,48-49,51-61H2,1-3H3/b21-18-,28-25-,30-27-,41-38-,50-47-/t62-/m0/s1. The molecule has 0 aliphatic rings. The topological polar surface area (TPSA) is 78.9 Å². The molecule has 6 nitrogen and oxygen atoms in total. The highest BCUT2D eigenvalue weighted by Crippen LogP contribution is 2.16. The highest BCUT2D eigenvalue weighted by molar-refractivity contribution is 5.71. The molecule has 0 aromatic carbocycles. The molecule has 71 heavy (non-hydrogen) atoms. The maximum atomic E-state index is 12.9. The lowest BCUT2D eigenvalue weighted by Crippen LogP contribution is -2.30. The summed E-state index contributed by atoms with van der Waals surface area (Å²) < 4.78 is 16.9. The van der Waals surface area contributed by atoms with Gasteiger partial charge in [-0.1, -0.05) is 274 Å². The third-order valence-corrected chi connectivity index (χ3v) is 13.5. The normalized spacial score (nSPS) is 12.4. The van der Waals surface area contributed by atoms with Crippen molar-refractivity contribution in [3.63, 3.8) is 0 Å². The van der Waals surface area contributed by atoms with E-state index in [1.807, 2.05) is 0 Å². The maximum Gasteiger partial charge on any atom is 0.306 e. The van der Waals surface area contributed by atoms with Gasteiger partial charge in [-0.3, -0.25) is 14.4 Å². The molecule has 0 aliphatic heterocycles. The number of allylic oxidation sites excluding steroid dienone is 10. The van der Waals surface area contributed by atoms with Gasteiger partial charge in [-0.25, -0.2) is 0 Å². The Kier molecular flexibility index (Phi) is 57.2. The predicted octanol–water partition coefficient (Wildman–Crippen LogP) is 20.8. The van der Waals surface area contributed by atoms with Gasteiger partial charge in [0.15, 0.2) is 6.10 Å². The summed E-state index contributed by atoms with van der Waals surface area (Å²) in [6.07, 6.45) is 75.1. The molecular weight excluding hydrogens is 877 g/mol. The van der Waals surface area contributed by atoms with Crippen LogP contribution in [0.25, 0.3) is 0 Å². The van der Waals surface area contributed by atoms with Crippen molar-refractivity contribution in [2.24, 2.45) is 0 Å². The predicted molar refractivity (Wildman–Crippen MR) is 307 cm³/mol. The summed E-state index contributed by atoms with van der Waals surface area (Å²) in [7, 11) is 0. The maximum absolute atomic E-state index is 12.9. The van der Waals surface area contributed by atoms with Gasteiger partial charge in [-0.2, -0.15) is 0 Å². The van der Waals surface area contributed by atoms with Crippen LogP contribution in [-0.4, -0.2) is 37.2 Å². The lowest BCUT2D eigenvalue weighted by atomic mass is 10.0. The number of carbonyl (C=O) groups excluding carboxylic acids is 3. The number of rotatable bonds is 56. The summed E-state index contributed by atoms with van der Waals surface area (Å²) in [6.45, 7) is 6.60. The first-order valence-electron chi connectivity index (χ1n) is 30.8. The van der Waals surface area contributed by atoms with Gasteiger partial charge >= 0.3 is 17.9 Å². The third kappa shape index (κ3) is 57.9. The van der Waals surface area contributed by atoms with Crippen LogP contribution in [0.2, 0.25) is 0 Å². The van der Waals surface area contributed by atoms with Gasteiger partial charge in [0, 0.05) is 19.3 Å². The summed E-state index contributed by atoms with van der Waals surface area (Å²) in [5.74, 6) is -0.936. The molecule has 0 aromatic heterocycles. The average Bonchev–Trinajstić information content (AvgIpc) is 3.37. The van der Waals surface area contributed by atoms with Crippen LogP contribution in [0.5, 0.6) is 0 Å². The van der Waals surface area contributed by atoms with E-state index in [1.165, 1.54) is 205 Å². The van der Waals surface area contributed by atoms with E-state index >= 15 is 0 Å². The first kappa shape index (κ1) is 68.1. The lowest BCUT2D eigenvalue weighted by molar-refractivity contribution is -0.167. The van der Waals surface area contributed by atoms with Crippen LogP contribution in [0.4, 0.5) is 0 Å². The van der Waals surface area contributed by atoms with Crippen molar-refractivity contribution in [2.75, 3.05) is 13.2 Å². The largest absolute Gasteiger partial charge is 0.462 e. The molecule has 0 aromatic rings. The molecule has 0 radical (unpaired) electrons. The molecule has 412 valence electrons. The minimum atomic E-state index is -0.802. The molecule has 0 amide bonds. The second kappa shape index (κ2) is 59.7. The van der Waals surface area contributed by atoms with E-state index in [1.54, 1.807) is 0 Å². The number of carbonyl (C=O) groups is 3. The van der Waals surface area contributed by atoms with Crippen molar-refractivity contribution in [3.05, 3.63) is 60.8 Å². The van der Waals surface area contributed by atoms with Crippen molar-refractivity contribution in [1.82, 2.24) is 0 Å². The van der Waals surface area contributed by atoms with E-state index in [0.717, 1.165) is 64.2 Å². The Morgan fingerprint density at radius 3 is 0.873 bits per heavy atom. The van der Waals surface area contributed by atoms with Gasteiger partial charge in [0.05, 0.1) is 0 Å². The second-order valence-electron chi connectivity index (χ2n) is 20.6. The zero-order valence-corrected chi connectivity index (χ0v) is 47.2. The highest BCUT2D eigenvalue weighted by Gasteiger charge is 2.19. The fourth-order valence-corrected chi connectivity index (χ4v) is 8.84. The van der Waals surface area contributed by atoms with Crippen LogP contribution in [-0.2, 0) is 28.6 Å². The Labute approximate surface area is 440 Å². The van der Waals surface area contributed by atoms with E-state index < -0.39 is 6.10 Å². The van der Waals surface area contributed by atoms with Crippen LogP contribution in [0.15, 0.2) is 60.8 Å². The molecule has 0 spiro atoms. The van der Waals surface area contributed by atoms with E-state index in [-0.39, 0.29) is 37.5 Å². The van der Waals surface area contributed by atoms with Crippen LogP contribution >= 0.6 is 0 Å². The molecule has 0 aliphatic carbocycles. The van der Waals surface area contributed by atoms with Crippen LogP contribution in [0.3, 0.4) is 0 Å². The van der Waals surface area contributed by atoms with Gasteiger partial charge in [0.1, 0.15) is 13.2 Å². The number of hydrogen-bond donors (Lipinski definition) is 0. The molecule has 0 bridgehead atoms. The molecule has 0 unspecified atom stereocenters. The van der Waals surface area contributed by atoms with E-state index in [0.29, 0.717) is 19.3 Å².